The van der Waals surface area contributed by atoms with Crippen LogP contribution in [0.4, 0.5) is 0 Å². The fourth-order valence-corrected chi connectivity index (χ4v) is 4.14. The molecule has 1 atom stereocenters. The predicted molar refractivity (Wildman–Crippen MR) is 105 cm³/mol. The lowest BCUT2D eigenvalue weighted by molar-refractivity contribution is -0.126. The Bertz CT molecular complexity index is 722. The topological polar surface area (TPSA) is 29.5 Å². The molecule has 3 nitrogen and oxygen atoms in total. The highest BCUT2D eigenvalue weighted by atomic mass is 16.5. The van der Waals surface area contributed by atoms with Gasteiger partial charge in [0.1, 0.15) is 11.5 Å². The highest BCUT2D eigenvalue weighted by molar-refractivity contribution is 5.80. The van der Waals surface area contributed by atoms with Gasteiger partial charge < -0.3 is 4.74 Å². The van der Waals surface area contributed by atoms with Crippen LogP contribution in [-0.2, 0) is 17.9 Å². The number of hydrogen-bond acceptors (Lipinski definition) is 3. The lowest BCUT2D eigenvalue weighted by Gasteiger charge is -2.45. The Balaban J connectivity index is 1.84. The van der Waals surface area contributed by atoms with Crippen molar-refractivity contribution in [2.24, 2.45) is 5.41 Å². The second-order valence-electron chi connectivity index (χ2n) is 8.00. The molecular formula is C23H29NO2. The summed E-state index contributed by atoms with van der Waals surface area (Å²) >= 11 is 0. The van der Waals surface area contributed by atoms with Crippen molar-refractivity contribution in [2.45, 2.75) is 52.2 Å². The summed E-state index contributed by atoms with van der Waals surface area (Å²) in [5, 5.41) is 0. The van der Waals surface area contributed by atoms with Gasteiger partial charge in [0.15, 0.2) is 0 Å². The highest BCUT2D eigenvalue weighted by Gasteiger charge is 2.39. The van der Waals surface area contributed by atoms with Gasteiger partial charge in [-0.3, -0.25) is 9.69 Å². The van der Waals surface area contributed by atoms with Crippen LogP contribution in [0.1, 0.15) is 44.2 Å². The summed E-state index contributed by atoms with van der Waals surface area (Å²) in [6, 6.07) is 19.3. The molecule has 138 valence electrons. The summed E-state index contributed by atoms with van der Waals surface area (Å²) in [7, 11) is 1.69. The first-order valence-corrected chi connectivity index (χ1v) is 9.40. The Morgan fingerprint density at radius 3 is 2.19 bits per heavy atom. The molecule has 0 amide bonds. The van der Waals surface area contributed by atoms with Crippen LogP contribution in [0.15, 0.2) is 54.6 Å². The van der Waals surface area contributed by atoms with Crippen LogP contribution in [0.25, 0.3) is 0 Å². The molecule has 3 rings (SSSR count). The van der Waals surface area contributed by atoms with Crippen LogP contribution in [0.5, 0.6) is 5.75 Å². The predicted octanol–water partition coefficient (Wildman–Crippen LogP) is 4.85. The van der Waals surface area contributed by atoms with Gasteiger partial charge in [0.2, 0.25) is 0 Å². The molecule has 0 bridgehead atoms. The zero-order chi connectivity index (χ0) is 18.6. The van der Waals surface area contributed by atoms with E-state index in [-0.39, 0.29) is 5.41 Å². The minimum Gasteiger partial charge on any atom is -0.497 e. The summed E-state index contributed by atoms with van der Waals surface area (Å²) in [5.41, 5.74) is 2.58. The minimum atomic E-state index is -0.00339. The van der Waals surface area contributed by atoms with Gasteiger partial charge in [-0.25, -0.2) is 0 Å². The number of ketones is 1. The molecule has 2 aromatic rings. The van der Waals surface area contributed by atoms with Crippen molar-refractivity contribution in [1.82, 2.24) is 4.90 Å². The number of nitrogens with zero attached hydrogens (tertiary/aromatic N) is 1. The van der Waals surface area contributed by atoms with Crippen LogP contribution in [0.2, 0.25) is 0 Å². The third kappa shape index (κ3) is 4.53. The van der Waals surface area contributed by atoms with Crippen LogP contribution >= 0.6 is 0 Å². The van der Waals surface area contributed by atoms with E-state index in [0.717, 1.165) is 25.3 Å². The number of rotatable bonds is 6. The number of methoxy groups -OCH3 is 1. The molecule has 1 aliphatic carbocycles. The zero-order valence-corrected chi connectivity index (χ0v) is 16.1. The van der Waals surface area contributed by atoms with E-state index >= 15 is 0 Å². The maximum Gasteiger partial charge on any atom is 0.133 e. The number of hydrogen-bond donors (Lipinski definition) is 0. The Morgan fingerprint density at radius 2 is 1.62 bits per heavy atom. The molecule has 1 aliphatic rings. The first-order valence-electron chi connectivity index (χ1n) is 9.40. The Labute approximate surface area is 157 Å². The third-order valence-electron chi connectivity index (χ3n) is 5.47. The summed E-state index contributed by atoms with van der Waals surface area (Å²) in [6.07, 6.45) is 2.31. The van der Waals surface area contributed by atoms with Crippen molar-refractivity contribution in [3.8, 4) is 5.75 Å². The zero-order valence-electron chi connectivity index (χ0n) is 16.1. The summed E-state index contributed by atoms with van der Waals surface area (Å²) in [6.45, 7) is 6.25. The maximum absolute atomic E-state index is 12.0. The molecule has 3 heteroatoms. The van der Waals surface area contributed by atoms with E-state index in [1.165, 1.54) is 11.1 Å². The molecule has 1 saturated carbocycles. The van der Waals surface area contributed by atoms with E-state index in [1.807, 2.05) is 12.1 Å². The molecule has 0 aliphatic heterocycles. The van der Waals surface area contributed by atoms with E-state index in [4.69, 9.17) is 4.74 Å². The summed E-state index contributed by atoms with van der Waals surface area (Å²) in [5.74, 6) is 1.28. The van der Waals surface area contributed by atoms with Crippen molar-refractivity contribution in [3.05, 3.63) is 65.7 Å². The summed E-state index contributed by atoms with van der Waals surface area (Å²) in [4.78, 5) is 14.5. The Kier molecular flexibility index (Phi) is 5.77. The lowest BCUT2D eigenvalue weighted by Crippen LogP contribution is -2.48. The number of carbonyl (C=O) groups is 1. The highest BCUT2D eigenvalue weighted by Crippen LogP contribution is 2.38. The Morgan fingerprint density at radius 1 is 1.00 bits per heavy atom. The summed E-state index contributed by atoms with van der Waals surface area (Å²) < 4.78 is 5.28. The van der Waals surface area contributed by atoms with Crippen LogP contribution < -0.4 is 4.74 Å². The number of carbonyl (C=O) groups excluding carboxylic acids is 1. The molecule has 0 saturated heterocycles. The molecule has 1 unspecified atom stereocenters. The average Bonchev–Trinajstić information content (AvgIpc) is 2.62. The molecule has 0 spiro atoms. The number of Topliss-reactive ketones (excluding diaryl/α,β-unsaturated/α-hetero) is 1. The smallest absolute Gasteiger partial charge is 0.133 e. The van der Waals surface area contributed by atoms with Gasteiger partial charge in [0, 0.05) is 32.0 Å². The average molecular weight is 351 g/mol. The second kappa shape index (κ2) is 8.05. The van der Waals surface area contributed by atoms with Gasteiger partial charge in [0.25, 0.3) is 0 Å². The van der Waals surface area contributed by atoms with Crippen molar-refractivity contribution in [2.75, 3.05) is 7.11 Å². The number of ether oxygens (including phenoxy) is 1. The SMILES string of the molecule is COc1ccc(CN(Cc2ccccc2)C2CCC(=O)CC2(C)C)cc1. The van der Waals surface area contributed by atoms with Gasteiger partial charge in [-0.2, -0.15) is 0 Å². The van der Waals surface area contributed by atoms with Gasteiger partial charge in [-0.05, 0) is 35.1 Å². The monoisotopic (exact) mass is 351 g/mol. The van der Waals surface area contributed by atoms with Gasteiger partial charge in [-0.1, -0.05) is 56.3 Å². The van der Waals surface area contributed by atoms with Gasteiger partial charge in [-0.15, -0.1) is 0 Å². The van der Waals surface area contributed by atoms with E-state index in [1.54, 1.807) is 7.11 Å². The van der Waals surface area contributed by atoms with Gasteiger partial charge >= 0.3 is 0 Å². The molecule has 1 fully saturated rings. The first kappa shape index (κ1) is 18.7. The quantitative estimate of drug-likeness (QED) is 0.745. The number of benzene rings is 2. The van der Waals surface area contributed by atoms with Crippen LogP contribution in [-0.4, -0.2) is 23.8 Å². The molecule has 0 N–H and O–H groups in total. The van der Waals surface area contributed by atoms with Crippen molar-refractivity contribution >= 4 is 5.78 Å². The standard InChI is InChI=1S/C23H29NO2/c1-23(2)15-20(25)11-14-22(23)24(16-18-7-5-4-6-8-18)17-19-9-12-21(26-3)13-10-19/h4-10,12-13,22H,11,14-17H2,1-3H3. The van der Waals surface area contributed by atoms with E-state index in [2.05, 4.69) is 61.2 Å². The van der Waals surface area contributed by atoms with E-state index in [0.29, 0.717) is 24.7 Å². The largest absolute Gasteiger partial charge is 0.497 e. The molecule has 2 aromatic carbocycles. The molecule has 26 heavy (non-hydrogen) atoms. The minimum absolute atomic E-state index is 0.00339. The molecule has 0 radical (unpaired) electrons. The Hall–Kier alpha value is -2.13. The lowest BCUT2D eigenvalue weighted by atomic mass is 9.72. The third-order valence-corrected chi connectivity index (χ3v) is 5.47. The molecular weight excluding hydrogens is 322 g/mol. The van der Waals surface area contributed by atoms with Crippen LogP contribution in [0, 0.1) is 5.41 Å². The second-order valence-corrected chi connectivity index (χ2v) is 8.00. The molecule has 0 aromatic heterocycles. The van der Waals surface area contributed by atoms with Crippen LogP contribution in [0.3, 0.4) is 0 Å². The maximum atomic E-state index is 12.0. The van der Waals surface area contributed by atoms with Crippen molar-refractivity contribution in [1.29, 1.82) is 0 Å². The van der Waals surface area contributed by atoms with Crippen molar-refractivity contribution < 1.29 is 9.53 Å². The first-order chi connectivity index (χ1) is 12.5. The fraction of sp³-hybridized carbons (Fsp3) is 0.435. The molecule has 0 heterocycles. The van der Waals surface area contributed by atoms with Gasteiger partial charge in [0.05, 0.1) is 7.11 Å². The fourth-order valence-electron chi connectivity index (χ4n) is 4.14. The van der Waals surface area contributed by atoms with E-state index < -0.39 is 0 Å². The van der Waals surface area contributed by atoms with E-state index in [9.17, 15) is 4.79 Å². The van der Waals surface area contributed by atoms with Crippen molar-refractivity contribution in [3.63, 3.8) is 0 Å². The normalized spacial score (nSPS) is 19.5.